The summed E-state index contributed by atoms with van der Waals surface area (Å²) in [5.41, 5.74) is 0.682. The van der Waals surface area contributed by atoms with Crippen LogP contribution < -0.4 is 18.9 Å². The van der Waals surface area contributed by atoms with Crippen LogP contribution in [0.15, 0.2) is 41.3 Å². The fourth-order valence-corrected chi connectivity index (χ4v) is 4.55. The number of aromatic nitrogens is 1. The summed E-state index contributed by atoms with van der Waals surface area (Å²) in [6, 6.07) is 9.91. The third-order valence-corrected chi connectivity index (χ3v) is 5.90. The normalized spacial score (nSPS) is 11.3. The van der Waals surface area contributed by atoms with Gasteiger partial charge in [0.15, 0.2) is 5.13 Å². The third-order valence-electron chi connectivity index (χ3n) is 3.48. The van der Waals surface area contributed by atoms with Crippen LogP contribution in [0, 0.1) is 0 Å². The van der Waals surface area contributed by atoms with Crippen molar-refractivity contribution in [1.29, 1.82) is 0 Å². The summed E-state index contributed by atoms with van der Waals surface area (Å²) in [5.74, 6) is 1.31. The molecule has 0 spiro atoms. The maximum atomic E-state index is 12.7. The van der Waals surface area contributed by atoms with Crippen LogP contribution >= 0.6 is 11.3 Å². The molecule has 7 nitrogen and oxygen atoms in total. The van der Waals surface area contributed by atoms with E-state index in [2.05, 4.69) is 9.71 Å². The molecule has 1 heterocycles. The fourth-order valence-electron chi connectivity index (χ4n) is 2.24. The number of hydrogen-bond acceptors (Lipinski definition) is 7. The summed E-state index contributed by atoms with van der Waals surface area (Å²) in [7, 11) is 0.552. The van der Waals surface area contributed by atoms with Crippen molar-refractivity contribution in [3.8, 4) is 17.2 Å². The van der Waals surface area contributed by atoms with Gasteiger partial charge in [0.1, 0.15) is 22.1 Å². The number of benzene rings is 2. The van der Waals surface area contributed by atoms with Gasteiger partial charge in [0, 0.05) is 6.07 Å². The molecule has 25 heavy (non-hydrogen) atoms. The van der Waals surface area contributed by atoms with E-state index in [4.69, 9.17) is 14.2 Å². The number of sulfonamides is 1. The molecule has 0 bridgehead atoms. The molecule has 0 atom stereocenters. The highest BCUT2D eigenvalue weighted by Crippen LogP contribution is 2.33. The van der Waals surface area contributed by atoms with Crippen LogP contribution in [-0.2, 0) is 10.0 Å². The molecule has 0 fully saturated rings. The molecule has 9 heteroatoms. The van der Waals surface area contributed by atoms with Crippen LogP contribution in [0.2, 0.25) is 0 Å². The first kappa shape index (κ1) is 17.3. The van der Waals surface area contributed by atoms with Gasteiger partial charge in [-0.2, -0.15) is 0 Å². The number of anilines is 1. The molecule has 0 saturated heterocycles. The first-order valence-electron chi connectivity index (χ1n) is 7.16. The van der Waals surface area contributed by atoms with E-state index in [1.54, 1.807) is 31.4 Å². The molecule has 3 aromatic rings. The van der Waals surface area contributed by atoms with Crippen LogP contribution in [0.25, 0.3) is 10.2 Å². The zero-order valence-electron chi connectivity index (χ0n) is 13.8. The Morgan fingerprint density at radius 3 is 2.32 bits per heavy atom. The molecule has 0 unspecified atom stereocenters. The van der Waals surface area contributed by atoms with Crippen molar-refractivity contribution in [2.75, 3.05) is 26.1 Å². The Hall–Kier alpha value is -2.52. The van der Waals surface area contributed by atoms with Crippen molar-refractivity contribution in [1.82, 2.24) is 4.98 Å². The Bertz CT molecular complexity index is 1010. The van der Waals surface area contributed by atoms with Gasteiger partial charge in [0.2, 0.25) is 0 Å². The maximum Gasteiger partial charge on any atom is 0.267 e. The van der Waals surface area contributed by atoms with Crippen molar-refractivity contribution in [3.63, 3.8) is 0 Å². The van der Waals surface area contributed by atoms with E-state index in [1.807, 2.05) is 0 Å². The maximum absolute atomic E-state index is 12.7. The second kappa shape index (κ2) is 6.77. The van der Waals surface area contributed by atoms with Crippen molar-refractivity contribution >= 4 is 36.7 Å². The standard InChI is InChI=1S/C16H16N2O5S2/c1-21-10-4-6-12-14(8-10)24-16(17-12)18-25(19,20)15-9-11(22-2)5-7-13(15)23-3/h4-9H,1-3H3,(H,17,18). The van der Waals surface area contributed by atoms with Crippen molar-refractivity contribution in [2.24, 2.45) is 0 Å². The van der Waals surface area contributed by atoms with Gasteiger partial charge in [0.05, 0.1) is 31.5 Å². The highest BCUT2D eigenvalue weighted by atomic mass is 32.2. The highest BCUT2D eigenvalue weighted by molar-refractivity contribution is 7.93. The summed E-state index contributed by atoms with van der Waals surface area (Å²) in [6.07, 6.45) is 0. The Morgan fingerprint density at radius 1 is 0.960 bits per heavy atom. The number of fused-ring (bicyclic) bond motifs is 1. The summed E-state index contributed by atoms with van der Waals surface area (Å²) in [5, 5.41) is 0.258. The van der Waals surface area contributed by atoms with Gasteiger partial charge < -0.3 is 14.2 Å². The number of hydrogen-bond donors (Lipinski definition) is 1. The second-order valence-electron chi connectivity index (χ2n) is 4.97. The van der Waals surface area contributed by atoms with Crippen LogP contribution in [-0.4, -0.2) is 34.7 Å². The molecule has 3 rings (SSSR count). The van der Waals surface area contributed by atoms with Crippen LogP contribution in [0.4, 0.5) is 5.13 Å². The van der Waals surface area contributed by atoms with Gasteiger partial charge in [-0.1, -0.05) is 11.3 Å². The molecule has 0 aliphatic carbocycles. The van der Waals surface area contributed by atoms with Gasteiger partial charge in [-0.25, -0.2) is 13.4 Å². The molecular weight excluding hydrogens is 364 g/mol. The van der Waals surface area contributed by atoms with Gasteiger partial charge >= 0.3 is 0 Å². The zero-order chi connectivity index (χ0) is 18.0. The molecule has 0 saturated carbocycles. The van der Waals surface area contributed by atoms with E-state index in [-0.39, 0.29) is 15.8 Å². The number of thiazole rings is 1. The smallest absolute Gasteiger partial charge is 0.267 e. The van der Waals surface area contributed by atoms with E-state index in [1.165, 1.54) is 37.7 Å². The molecule has 0 aliphatic rings. The van der Waals surface area contributed by atoms with Crippen LogP contribution in [0.3, 0.4) is 0 Å². The van der Waals surface area contributed by atoms with E-state index < -0.39 is 10.0 Å². The Kier molecular flexibility index (Phi) is 4.69. The molecule has 1 aromatic heterocycles. The van der Waals surface area contributed by atoms with Gasteiger partial charge in [0.25, 0.3) is 10.0 Å². The first-order valence-corrected chi connectivity index (χ1v) is 9.46. The molecular formula is C16H16N2O5S2. The summed E-state index contributed by atoms with van der Waals surface area (Å²) >= 11 is 1.22. The van der Waals surface area contributed by atoms with Gasteiger partial charge in [-0.15, -0.1) is 0 Å². The number of nitrogens with zero attached hydrogens (tertiary/aromatic N) is 1. The average molecular weight is 380 g/mol. The lowest BCUT2D eigenvalue weighted by Crippen LogP contribution is -2.14. The molecule has 1 N–H and O–H groups in total. The third kappa shape index (κ3) is 3.47. The molecule has 132 valence electrons. The topological polar surface area (TPSA) is 86.8 Å². The largest absolute Gasteiger partial charge is 0.497 e. The SMILES string of the molecule is COc1ccc(OC)c(S(=O)(=O)Nc2nc3ccc(OC)cc3s2)c1. The number of methoxy groups -OCH3 is 3. The van der Waals surface area contributed by atoms with E-state index in [9.17, 15) is 8.42 Å². The minimum atomic E-state index is -3.89. The fraction of sp³-hybridized carbons (Fsp3) is 0.188. The van der Waals surface area contributed by atoms with Gasteiger partial charge in [-0.3, -0.25) is 4.72 Å². The molecule has 0 radical (unpaired) electrons. The number of nitrogens with one attached hydrogen (secondary N) is 1. The van der Waals surface area contributed by atoms with E-state index in [0.717, 1.165) is 4.70 Å². The number of rotatable bonds is 6. The number of ether oxygens (including phenoxy) is 3. The van der Waals surface area contributed by atoms with Crippen molar-refractivity contribution < 1.29 is 22.6 Å². The molecule has 0 aliphatic heterocycles. The van der Waals surface area contributed by atoms with Crippen molar-refractivity contribution in [2.45, 2.75) is 4.90 Å². The average Bonchev–Trinajstić information content (AvgIpc) is 3.01. The quantitative estimate of drug-likeness (QED) is 0.707. The summed E-state index contributed by atoms with van der Waals surface area (Å²) < 4.78 is 44.2. The lowest BCUT2D eigenvalue weighted by atomic mass is 10.3. The Balaban J connectivity index is 1.99. The van der Waals surface area contributed by atoms with E-state index in [0.29, 0.717) is 17.0 Å². The Morgan fingerprint density at radius 2 is 1.64 bits per heavy atom. The predicted molar refractivity (Wildman–Crippen MR) is 96.5 cm³/mol. The summed E-state index contributed by atoms with van der Waals surface area (Å²) in [4.78, 5) is 4.28. The minimum absolute atomic E-state index is 0.0220. The van der Waals surface area contributed by atoms with Crippen LogP contribution in [0.5, 0.6) is 17.2 Å². The zero-order valence-corrected chi connectivity index (χ0v) is 15.4. The highest BCUT2D eigenvalue weighted by Gasteiger charge is 2.22. The van der Waals surface area contributed by atoms with Gasteiger partial charge in [-0.05, 0) is 30.3 Å². The lowest BCUT2D eigenvalue weighted by molar-refractivity contribution is 0.392. The lowest BCUT2D eigenvalue weighted by Gasteiger charge is -2.11. The predicted octanol–water partition coefficient (Wildman–Crippen LogP) is 3.12. The van der Waals surface area contributed by atoms with Crippen LogP contribution in [0.1, 0.15) is 0 Å². The van der Waals surface area contributed by atoms with E-state index >= 15 is 0 Å². The summed E-state index contributed by atoms with van der Waals surface area (Å²) in [6.45, 7) is 0. The Labute approximate surface area is 149 Å². The minimum Gasteiger partial charge on any atom is -0.497 e. The second-order valence-corrected chi connectivity index (χ2v) is 7.66. The molecule has 2 aromatic carbocycles. The first-order chi connectivity index (χ1) is 12.0. The van der Waals surface area contributed by atoms with Crippen molar-refractivity contribution in [3.05, 3.63) is 36.4 Å². The monoisotopic (exact) mass is 380 g/mol. The molecule has 0 amide bonds.